The predicted octanol–water partition coefficient (Wildman–Crippen LogP) is 9.89. The van der Waals surface area contributed by atoms with Crippen LogP contribution in [0.3, 0.4) is 0 Å². The third-order valence-electron chi connectivity index (χ3n) is 10.9. The van der Waals surface area contributed by atoms with Crippen LogP contribution in [-0.2, 0) is 5.41 Å². The first-order chi connectivity index (χ1) is 19.0. The van der Waals surface area contributed by atoms with Gasteiger partial charge in [0.15, 0.2) is 0 Å². The Morgan fingerprint density at radius 1 is 0.564 bits per heavy atom. The molecule has 39 heavy (non-hydrogen) atoms. The van der Waals surface area contributed by atoms with Gasteiger partial charge in [-0.15, -0.1) is 0 Å². The van der Waals surface area contributed by atoms with Crippen LogP contribution in [0.2, 0.25) is 0 Å². The molecule has 4 aliphatic rings. The first-order valence-corrected chi connectivity index (χ1v) is 15.6. The van der Waals surface area contributed by atoms with Crippen molar-refractivity contribution < 1.29 is 0 Å². The Kier molecular flexibility index (Phi) is 6.14. The van der Waals surface area contributed by atoms with Crippen molar-refractivity contribution in [3.63, 3.8) is 0 Å². The van der Waals surface area contributed by atoms with Crippen LogP contribution in [0.15, 0.2) is 78.1 Å². The topological polar surface area (TPSA) is 6.48 Å². The SMILES string of the molecule is CC1=C2N(c3ccccc3C2(C2CCCCC2)C2CCCC2)C(c2c(C)cccc2C)N1c1ccccc1C. The lowest BCUT2D eigenvalue weighted by Crippen LogP contribution is -2.44. The highest BCUT2D eigenvalue weighted by molar-refractivity contribution is 5.80. The van der Waals surface area contributed by atoms with Gasteiger partial charge in [0.2, 0.25) is 0 Å². The maximum Gasteiger partial charge on any atom is 0.137 e. The molecule has 2 aliphatic carbocycles. The Labute approximate surface area is 235 Å². The molecule has 0 radical (unpaired) electrons. The van der Waals surface area contributed by atoms with Crippen LogP contribution in [0.1, 0.15) is 98.7 Å². The van der Waals surface area contributed by atoms with Crippen molar-refractivity contribution in [2.75, 3.05) is 9.80 Å². The molecule has 0 aromatic heterocycles. The molecule has 7 rings (SSSR count). The van der Waals surface area contributed by atoms with E-state index in [1.54, 1.807) is 11.3 Å². The third kappa shape index (κ3) is 3.52. The monoisotopic (exact) mass is 516 g/mol. The second-order valence-electron chi connectivity index (χ2n) is 12.8. The van der Waals surface area contributed by atoms with E-state index in [-0.39, 0.29) is 11.6 Å². The summed E-state index contributed by atoms with van der Waals surface area (Å²) < 4.78 is 0. The lowest BCUT2D eigenvalue weighted by molar-refractivity contribution is 0.167. The first kappa shape index (κ1) is 25.0. The number of para-hydroxylation sites is 2. The summed E-state index contributed by atoms with van der Waals surface area (Å²) in [6.45, 7) is 9.39. The van der Waals surface area contributed by atoms with Crippen LogP contribution in [0.25, 0.3) is 0 Å². The molecule has 2 heterocycles. The third-order valence-corrected chi connectivity index (χ3v) is 10.9. The first-order valence-electron chi connectivity index (χ1n) is 15.6. The van der Waals surface area contributed by atoms with Crippen LogP contribution in [0.4, 0.5) is 11.4 Å². The zero-order valence-electron chi connectivity index (χ0n) is 24.3. The van der Waals surface area contributed by atoms with Crippen molar-refractivity contribution in [2.24, 2.45) is 11.8 Å². The lowest BCUT2D eigenvalue weighted by atomic mass is 9.57. The Bertz CT molecular complexity index is 1400. The van der Waals surface area contributed by atoms with Crippen LogP contribution in [0.5, 0.6) is 0 Å². The van der Waals surface area contributed by atoms with Crippen LogP contribution in [0, 0.1) is 32.6 Å². The van der Waals surface area contributed by atoms with Crippen molar-refractivity contribution in [3.05, 3.63) is 106 Å². The summed E-state index contributed by atoms with van der Waals surface area (Å²) in [7, 11) is 0. The molecule has 2 nitrogen and oxygen atoms in total. The van der Waals surface area contributed by atoms with Gasteiger partial charge in [0.1, 0.15) is 6.17 Å². The van der Waals surface area contributed by atoms with Crippen molar-refractivity contribution in [3.8, 4) is 0 Å². The number of aryl methyl sites for hydroxylation is 3. The van der Waals surface area contributed by atoms with Gasteiger partial charge < -0.3 is 9.80 Å². The highest BCUT2D eigenvalue weighted by Gasteiger charge is 2.61. The van der Waals surface area contributed by atoms with E-state index in [4.69, 9.17) is 0 Å². The number of fused-ring (bicyclic) bond motifs is 3. The second kappa shape index (κ2) is 9.58. The van der Waals surface area contributed by atoms with Gasteiger partial charge in [0, 0.05) is 28.1 Å². The van der Waals surface area contributed by atoms with Gasteiger partial charge in [-0.25, -0.2) is 0 Å². The van der Waals surface area contributed by atoms with Crippen molar-refractivity contribution >= 4 is 11.4 Å². The van der Waals surface area contributed by atoms with Gasteiger partial charge in [0.25, 0.3) is 0 Å². The second-order valence-corrected chi connectivity index (χ2v) is 12.8. The quantitative estimate of drug-likeness (QED) is 0.340. The molecule has 0 N–H and O–H groups in total. The molecule has 2 fully saturated rings. The summed E-state index contributed by atoms with van der Waals surface area (Å²) in [4.78, 5) is 5.56. The molecule has 0 spiro atoms. The average Bonchev–Trinajstić information content (AvgIpc) is 3.66. The zero-order chi connectivity index (χ0) is 26.7. The highest BCUT2D eigenvalue weighted by atomic mass is 15.4. The zero-order valence-corrected chi connectivity index (χ0v) is 24.3. The summed E-state index contributed by atoms with van der Waals surface area (Å²) in [5, 5.41) is 0. The van der Waals surface area contributed by atoms with Gasteiger partial charge in [0.05, 0.1) is 5.70 Å². The Morgan fingerprint density at radius 3 is 1.74 bits per heavy atom. The summed E-state index contributed by atoms with van der Waals surface area (Å²) in [6.07, 6.45) is 12.6. The van der Waals surface area contributed by atoms with Gasteiger partial charge >= 0.3 is 0 Å². The van der Waals surface area contributed by atoms with Crippen LogP contribution < -0.4 is 9.80 Å². The molecule has 2 heteroatoms. The fraction of sp³-hybridized carbons (Fsp3) is 0.459. The van der Waals surface area contributed by atoms with Gasteiger partial charge in [-0.05, 0) is 99.6 Å². The molecule has 2 aliphatic heterocycles. The van der Waals surface area contributed by atoms with E-state index in [1.165, 1.54) is 97.1 Å². The molecule has 0 saturated heterocycles. The summed E-state index contributed by atoms with van der Waals surface area (Å²) in [5.41, 5.74) is 13.3. The maximum atomic E-state index is 2.83. The van der Waals surface area contributed by atoms with E-state index in [0.29, 0.717) is 0 Å². The van der Waals surface area contributed by atoms with E-state index in [1.807, 2.05) is 0 Å². The Morgan fingerprint density at radius 2 is 1.10 bits per heavy atom. The van der Waals surface area contributed by atoms with Gasteiger partial charge in [-0.3, -0.25) is 0 Å². The van der Waals surface area contributed by atoms with E-state index < -0.39 is 0 Å². The molecule has 0 amide bonds. The molecule has 3 aromatic rings. The predicted molar refractivity (Wildman–Crippen MR) is 164 cm³/mol. The Hall–Kier alpha value is -3.00. The number of allylic oxidation sites excluding steroid dienone is 2. The highest BCUT2D eigenvalue weighted by Crippen LogP contribution is 2.67. The van der Waals surface area contributed by atoms with Crippen LogP contribution >= 0.6 is 0 Å². The number of rotatable bonds is 4. The number of benzene rings is 3. The number of anilines is 2. The van der Waals surface area contributed by atoms with E-state index in [0.717, 1.165) is 11.8 Å². The minimum atomic E-state index is 0.115. The smallest absolute Gasteiger partial charge is 0.137 e. The fourth-order valence-electron chi connectivity index (χ4n) is 9.36. The summed E-state index contributed by atoms with van der Waals surface area (Å²) in [5.74, 6) is 1.45. The minimum absolute atomic E-state index is 0.115. The fourth-order valence-corrected chi connectivity index (χ4v) is 9.36. The maximum absolute atomic E-state index is 2.83. The number of nitrogens with zero attached hydrogens (tertiary/aromatic N) is 2. The molecule has 0 bridgehead atoms. The van der Waals surface area contributed by atoms with E-state index >= 15 is 0 Å². The summed E-state index contributed by atoms with van der Waals surface area (Å²) >= 11 is 0. The minimum Gasteiger partial charge on any atom is -0.318 e. The molecular weight excluding hydrogens is 472 g/mol. The van der Waals surface area contributed by atoms with Gasteiger partial charge in [-0.2, -0.15) is 0 Å². The Balaban J connectivity index is 1.56. The van der Waals surface area contributed by atoms with E-state index in [9.17, 15) is 0 Å². The largest absolute Gasteiger partial charge is 0.318 e. The lowest BCUT2D eigenvalue weighted by Gasteiger charge is -2.46. The van der Waals surface area contributed by atoms with Crippen molar-refractivity contribution in [1.82, 2.24) is 0 Å². The van der Waals surface area contributed by atoms with Crippen LogP contribution in [-0.4, -0.2) is 0 Å². The molecule has 202 valence electrons. The molecule has 2 unspecified atom stereocenters. The molecule has 2 atom stereocenters. The number of hydrogen-bond donors (Lipinski definition) is 0. The summed E-state index contributed by atoms with van der Waals surface area (Å²) in [6, 6.07) is 25.5. The van der Waals surface area contributed by atoms with Crippen molar-refractivity contribution in [2.45, 2.75) is 97.1 Å². The normalized spacial score (nSPS) is 25.5. The standard InChI is InChI=1S/C37H44N2/c1-25-15-8-12-23-32(25)38-28(4)35-37(30-20-9-10-21-30,29-18-6-5-7-19-29)31-22-11-13-24-33(31)39(35)36(38)34-26(2)16-14-17-27(34)3/h8,11-17,22-24,29-30,36H,5-7,9-10,18-21H2,1-4H3. The molecule has 3 aromatic carbocycles. The van der Waals surface area contributed by atoms with Gasteiger partial charge in [-0.1, -0.05) is 86.7 Å². The average molecular weight is 517 g/mol. The number of hydrogen-bond acceptors (Lipinski definition) is 2. The van der Waals surface area contributed by atoms with E-state index in [2.05, 4.69) is 104 Å². The van der Waals surface area contributed by atoms with Crippen molar-refractivity contribution in [1.29, 1.82) is 0 Å². The molecular formula is C37H44N2. The molecule has 2 saturated carbocycles.